The van der Waals surface area contributed by atoms with Crippen LogP contribution in [0.5, 0.6) is 0 Å². The smallest absolute Gasteiger partial charge is 0.360 e. The summed E-state index contributed by atoms with van der Waals surface area (Å²) in [6.45, 7) is 3.42. The number of carbonyl (C=O) groups is 1. The van der Waals surface area contributed by atoms with E-state index in [1.807, 2.05) is 6.92 Å². The van der Waals surface area contributed by atoms with Gasteiger partial charge in [-0.2, -0.15) is 0 Å². The molecule has 0 fully saturated rings. The van der Waals surface area contributed by atoms with Gasteiger partial charge in [0, 0.05) is 20.3 Å². The third-order valence-corrected chi connectivity index (χ3v) is 2.42. The Morgan fingerprint density at radius 3 is 2.76 bits per heavy atom. The summed E-state index contributed by atoms with van der Waals surface area (Å²) in [5, 5.41) is 7.87. The van der Waals surface area contributed by atoms with Crippen molar-refractivity contribution in [2.45, 2.75) is 32.7 Å². The van der Waals surface area contributed by atoms with Gasteiger partial charge in [-0.1, -0.05) is 18.6 Å². The summed E-state index contributed by atoms with van der Waals surface area (Å²) in [7, 11) is 3.01. The highest BCUT2D eigenvalue weighted by molar-refractivity contribution is 5.88. The van der Waals surface area contributed by atoms with Crippen LogP contribution in [0.2, 0.25) is 0 Å². The molecule has 0 amide bonds. The lowest BCUT2D eigenvalue weighted by Crippen LogP contribution is -2.10. The summed E-state index contributed by atoms with van der Waals surface area (Å²) < 4.78 is 11.4. The van der Waals surface area contributed by atoms with E-state index >= 15 is 0 Å². The Labute approximate surface area is 101 Å². The second kappa shape index (κ2) is 7.01. The first-order valence-corrected chi connectivity index (χ1v) is 5.74. The third kappa shape index (κ3) is 3.52. The minimum atomic E-state index is -0.425. The van der Waals surface area contributed by atoms with E-state index in [9.17, 15) is 4.79 Å². The molecule has 0 atom stereocenters. The molecule has 0 N–H and O–H groups in total. The number of carbonyl (C=O) groups excluding carboxylic acids is 1. The zero-order valence-corrected chi connectivity index (χ0v) is 10.6. The number of hydrogen-bond acceptors (Lipinski definition) is 5. The van der Waals surface area contributed by atoms with Crippen molar-refractivity contribution in [3.63, 3.8) is 0 Å². The van der Waals surface area contributed by atoms with Crippen molar-refractivity contribution in [2.24, 2.45) is 0 Å². The van der Waals surface area contributed by atoms with Gasteiger partial charge in [-0.25, -0.2) is 9.48 Å². The summed E-state index contributed by atoms with van der Waals surface area (Å²) in [5.41, 5.74) is 1.17. The minimum Gasteiger partial charge on any atom is -0.464 e. The van der Waals surface area contributed by atoms with Crippen LogP contribution >= 0.6 is 0 Å². The van der Waals surface area contributed by atoms with E-state index in [1.165, 1.54) is 7.11 Å². The molecule has 1 aromatic heterocycles. The first-order valence-electron chi connectivity index (χ1n) is 5.74. The molecule has 0 saturated heterocycles. The maximum Gasteiger partial charge on any atom is 0.360 e. The Balaban J connectivity index is 2.82. The fourth-order valence-electron chi connectivity index (χ4n) is 1.61. The normalized spacial score (nSPS) is 10.5. The van der Waals surface area contributed by atoms with Gasteiger partial charge >= 0.3 is 5.97 Å². The maximum atomic E-state index is 11.5. The summed E-state index contributed by atoms with van der Waals surface area (Å²) in [6.07, 6.45) is 2.54. The Morgan fingerprint density at radius 2 is 2.18 bits per heavy atom. The van der Waals surface area contributed by atoms with Crippen molar-refractivity contribution in [1.29, 1.82) is 0 Å². The summed E-state index contributed by atoms with van der Waals surface area (Å²) in [4.78, 5) is 11.5. The summed E-state index contributed by atoms with van der Waals surface area (Å²) in [6, 6.07) is 0. The molecule has 0 aromatic carbocycles. The summed E-state index contributed by atoms with van der Waals surface area (Å²) >= 11 is 0. The zero-order chi connectivity index (χ0) is 12.7. The van der Waals surface area contributed by atoms with Gasteiger partial charge in [-0.05, 0) is 12.8 Å². The van der Waals surface area contributed by atoms with Gasteiger partial charge in [-0.3, -0.25) is 0 Å². The molecule has 0 aliphatic carbocycles. The quantitative estimate of drug-likeness (QED) is 0.527. The van der Waals surface area contributed by atoms with Crippen LogP contribution in [-0.2, 0) is 22.4 Å². The van der Waals surface area contributed by atoms with Crippen LogP contribution in [0.1, 0.15) is 35.9 Å². The highest BCUT2D eigenvalue weighted by Crippen LogP contribution is 2.10. The van der Waals surface area contributed by atoms with Gasteiger partial charge in [0.25, 0.3) is 0 Å². The topological polar surface area (TPSA) is 66.2 Å². The molecular weight excluding hydrogens is 222 g/mol. The van der Waals surface area contributed by atoms with Crippen molar-refractivity contribution < 1.29 is 14.3 Å². The Bertz CT molecular complexity index is 363. The molecular formula is C11H19N3O3. The fourth-order valence-corrected chi connectivity index (χ4v) is 1.61. The second-order valence-corrected chi connectivity index (χ2v) is 3.70. The molecule has 0 bridgehead atoms. The number of esters is 1. The monoisotopic (exact) mass is 241 g/mol. The molecule has 1 aromatic rings. The molecule has 17 heavy (non-hydrogen) atoms. The molecule has 6 nitrogen and oxygen atoms in total. The molecule has 96 valence electrons. The largest absolute Gasteiger partial charge is 0.464 e. The lowest BCUT2D eigenvalue weighted by Gasteiger charge is -2.06. The second-order valence-electron chi connectivity index (χ2n) is 3.70. The van der Waals surface area contributed by atoms with Crippen molar-refractivity contribution in [2.75, 3.05) is 20.8 Å². The number of methoxy groups -OCH3 is 2. The van der Waals surface area contributed by atoms with Crippen molar-refractivity contribution in [3.05, 3.63) is 11.4 Å². The van der Waals surface area contributed by atoms with Gasteiger partial charge in [0.2, 0.25) is 0 Å². The van der Waals surface area contributed by atoms with Crippen LogP contribution in [0.25, 0.3) is 0 Å². The number of nitrogens with zero attached hydrogens (tertiary/aromatic N) is 3. The minimum absolute atomic E-state index is 0.326. The van der Waals surface area contributed by atoms with Gasteiger partial charge < -0.3 is 9.47 Å². The van der Waals surface area contributed by atoms with Crippen LogP contribution in [0.4, 0.5) is 0 Å². The lowest BCUT2D eigenvalue weighted by atomic mass is 10.2. The van der Waals surface area contributed by atoms with Crippen LogP contribution < -0.4 is 0 Å². The fraction of sp³-hybridized carbons (Fsp3) is 0.727. The van der Waals surface area contributed by atoms with E-state index in [2.05, 4.69) is 15.0 Å². The molecule has 0 saturated carbocycles. The predicted molar refractivity (Wildman–Crippen MR) is 61.8 cm³/mol. The molecule has 1 heterocycles. The molecule has 6 heteroatoms. The Kier molecular flexibility index (Phi) is 5.62. The molecule has 0 radical (unpaired) electrons. The highest BCUT2D eigenvalue weighted by atomic mass is 16.5. The number of hydrogen-bond donors (Lipinski definition) is 0. The number of rotatable bonds is 7. The lowest BCUT2D eigenvalue weighted by molar-refractivity contribution is 0.0592. The molecule has 0 aliphatic rings. The molecule has 0 spiro atoms. The third-order valence-electron chi connectivity index (χ3n) is 2.42. The van der Waals surface area contributed by atoms with E-state index in [1.54, 1.807) is 11.8 Å². The van der Waals surface area contributed by atoms with E-state index in [-0.39, 0.29) is 0 Å². The maximum absolute atomic E-state index is 11.5. The summed E-state index contributed by atoms with van der Waals surface area (Å²) in [5.74, 6) is -0.425. The Morgan fingerprint density at radius 1 is 1.41 bits per heavy atom. The molecule has 1 rings (SSSR count). The van der Waals surface area contributed by atoms with Crippen LogP contribution in [0.15, 0.2) is 0 Å². The van der Waals surface area contributed by atoms with Crippen molar-refractivity contribution in [3.8, 4) is 0 Å². The molecule has 0 aliphatic heterocycles. The number of ether oxygens (including phenoxy) is 2. The first-order chi connectivity index (χ1) is 8.24. The number of aryl methyl sites for hydroxylation is 1. The van der Waals surface area contributed by atoms with E-state index in [4.69, 9.17) is 4.74 Å². The van der Waals surface area contributed by atoms with Crippen molar-refractivity contribution in [1.82, 2.24) is 15.0 Å². The molecule has 0 unspecified atom stereocenters. The van der Waals surface area contributed by atoms with Crippen LogP contribution in [0, 0.1) is 0 Å². The van der Waals surface area contributed by atoms with Gasteiger partial charge in [0.1, 0.15) is 0 Å². The van der Waals surface area contributed by atoms with E-state index in [0.29, 0.717) is 18.8 Å². The van der Waals surface area contributed by atoms with Gasteiger partial charge in [0.15, 0.2) is 5.69 Å². The zero-order valence-electron chi connectivity index (χ0n) is 10.6. The average molecular weight is 241 g/mol. The standard InChI is InChI=1S/C11H19N3O3/c1-4-6-9-10(11(15)17-3)12-13-14(9)7-5-8-16-2/h4-8H2,1-3H3. The number of aromatic nitrogens is 3. The van der Waals surface area contributed by atoms with Gasteiger partial charge in [-0.15, -0.1) is 5.10 Å². The van der Waals surface area contributed by atoms with Crippen LogP contribution in [-0.4, -0.2) is 41.8 Å². The average Bonchev–Trinajstić information content (AvgIpc) is 2.73. The predicted octanol–water partition coefficient (Wildman–Crippen LogP) is 1.05. The van der Waals surface area contributed by atoms with E-state index in [0.717, 1.165) is 25.0 Å². The Hall–Kier alpha value is -1.43. The first kappa shape index (κ1) is 13.6. The highest BCUT2D eigenvalue weighted by Gasteiger charge is 2.19. The SMILES string of the molecule is CCCc1c(C(=O)OC)nnn1CCCOC. The van der Waals surface area contributed by atoms with Crippen molar-refractivity contribution >= 4 is 5.97 Å². The van der Waals surface area contributed by atoms with Crippen LogP contribution in [0.3, 0.4) is 0 Å². The van der Waals surface area contributed by atoms with E-state index < -0.39 is 5.97 Å². The van der Waals surface area contributed by atoms with Gasteiger partial charge in [0.05, 0.1) is 12.8 Å².